The zero-order valence-electron chi connectivity index (χ0n) is 63.8. The molecule has 11 heteroatoms. The SMILES string of the molecule is CCCCCCCC/C=C\CCCCCCCCCC(=O)OCCCCCCCCCCCCCCCCC/C=C\C/C=C\CCCCCCCCCCCCCCCCCCCC(=O)NC(COC1OC(CO)C(O)C(O)C1O)C(O)/C=C/CCCCCCCCCCCCC. The predicted molar refractivity (Wildman–Crippen MR) is 412 cm³/mol. The van der Waals surface area contributed by atoms with Gasteiger partial charge in [-0.25, -0.2) is 0 Å². The Kier molecular flexibility index (Phi) is 71.4. The lowest BCUT2D eigenvalue weighted by Gasteiger charge is -2.40. The number of ether oxygens (including phenoxy) is 3. The summed E-state index contributed by atoms with van der Waals surface area (Å²) in [6.07, 6.45) is 90.1. The predicted octanol–water partition coefficient (Wildman–Crippen LogP) is 23.4. The number of allylic oxidation sites excluding steroid dienone is 7. The van der Waals surface area contributed by atoms with Crippen LogP contribution in [0.5, 0.6) is 0 Å². The number of esters is 1. The molecule has 0 aliphatic carbocycles. The van der Waals surface area contributed by atoms with Crippen molar-refractivity contribution >= 4 is 11.9 Å². The standard InChI is InChI=1S/C86H161NO10/c1-3-5-7-9-11-13-15-17-18-42-46-50-54-58-62-66-70-74-82(91)95-75-71-67-63-59-55-51-47-44-41-39-37-35-33-31-29-27-25-23-21-19-20-22-24-26-28-30-32-34-36-38-40-43-45-49-53-57-61-65-69-73-81(90)87-78(77-96-86-85(94)84(93)83(92)80(76-88)97-86)79(89)72-68-64-60-56-52-48-16-14-12-10-8-6-4-2/h17-20,23,25,68,72,78-80,83-86,88-89,92-94H,3-16,21-22,24,26-67,69-71,73-77H2,1-2H3,(H,87,90)/b18-17-,20-19-,25-23-,72-68+. The number of rotatable bonds is 76. The molecule has 570 valence electrons. The molecule has 0 bridgehead atoms. The van der Waals surface area contributed by atoms with Crippen LogP contribution in [0.4, 0.5) is 0 Å². The second-order valence-corrected chi connectivity index (χ2v) is 29.5. The van der Waals surface area contributed by atoms with Crippen molar-refractivity contribution in [2.75, 3.05) is 19.8 Å². The number of carbonyl (C=O) groups is 2. The minimum Gasteiger partial charge on any atom is -0.466 e. The molecular formula is C86H161NO10. The molecule has 1 aliphatic heterocycles. The number of aliphatic hydroxyl groups is 5. The second-order valence-electron chi connectivity index (χ2n) is 29.5. The van der Waals surface area contributed by atoms with Gasteiger partial charge in [-0.05, 0) is 89.9 Å². The van der Waals surface area contributed by atoms with E-state index in [0.717, 1.165) is 64.2 Å². The molecule has 1 rings (SSSR count). The van der Waals surface area contributed by atoms with Crippen LogP contribution in [0.15, 0.2) is 48.6 Å². The minimum atomic E-state index is -1.57. The number of aliphatic hydroxyl groups excluding tert-OH is 5. The Morgan fingerprint density at radius 3 is 1.05 bits per heavy atom. The van der Waals surface area contributed by atoms with Crippen molar-refractivity contribution < 1.29 is 49.3 Å². The topological polar surface area (TPSA) is 175 Å². The number of nitrogens with one attached hydrogen (secondary N) is 1. The van der Waals surface area contributed by atoms with E-state index in [1.807, 2.05) is 6.08 Å². The average Bonchev–Trinajstić information content (AvgIpc) is 0.877. The van der Waals surface area contributed by atoms with Crippen LogP contribution in [-0.2, 0) is 23.8 Å². The second kappa shape index (κ2) is 74.8. The van der Waals surface area contributed by atoms with Crippen molar-refractivity contribution in [3.05, 3.63) is 48.6 Å². The summed E-state index contributed by atoms with van der Waals surface area (Å²) in [5, 5.41) is 54.6. The molecule has 6 N–H and O–H groups in total. The Morgan fingerprint density at radius 2 is 0.691 bits per heavy atom. The Bertz CT molecular complexity index is 1750. The number of unbranched alkanes of at least 4 members (excludes halogenated alkanes) is 56. The average molecular weight is 1370 g/mol. The van der Waals surface area contributed by atoms with E-state index in [1.54, 1.807) is 6.08 Å². The highest BCUT2D eigenvalue weighted by molar-refractivity contribution is 5.76. The normalized spacial score (nSPS) is 17.5. The highest BCUT2D eigenvalue weighted by Crippen LogP contribution is 2.24. The van der Waals surface area contributed by atoms with Gasteiger partial charge in [0.1, 0.15) is 24.4 Å². The molecule has 1 heterocycles. The summed E-state index contributed by atoms with van der Waals surface area (Å²) >= 11 is 0. The summed E-state index contributed by atoms with van der Waals surface area (Å²) in [5.41, 5.74) is 0. The van der Waals surface area contributed by atoms with Crippen LogP contribution < -0.4 is 5.32 Å². The van der Waals surface area contributed by atoms with Crippen molar-refractivity contribution in [1.82, 2.24) is 5.32 Å². The first-order chi connectivity index (χ1) is 47.7. The highest BCUT2D eigenvalue weighted by atomic mass is 16.7. The molecule has 0 aromatic rings. The van der Waals surface area contributed by atoms with E-state index in [-0.39, 0.29) is 18.5 Å². The Morgan fingerprint density at radius 1 is 0.381 bits per heavy atom. The first-order valence-electron chi connectivity index (χ1n) is 42.4. The van der Waals surface area contributed by atoms with Gasteiger partial charge >= 0.3 is 5.97 Å². The lowest BCUT2D eigenvalue weighted by atomic mass is 9.99. The molecule has 1 aliphatic rings. The van der Waals surface area contributed by atoms with E-state index in [9.17, 15) is 35.1 Å². The van der Waals surface area contributed by atoms with Crippen LogP contribution in [0.25, 0.3) is 0 Å². The summed E-state index contributed by atoms with van der Waals surface area (Å²) in [4.78, 5) is 25.2. The van der Waals surface area contributed by atoms with Gasteiger partial charge in [-0.15, -0.1) is 0 Å². The number of amides is 1. The largest absolute Gasteiger partial charge is 0.466 e. The molecule has 97 heavy (non-hydrogen) atoms. The summed E-state index contributed by atoms with van der Waals surface area (Å²) < 4.78 is 16.8. The van der Waals surface area contributed by atoms with E-state index >= 15 is 0 Å². The van der Waals surface area contributed by atoms with Crippen molar-refractivity contribution in [2.24, 2.45) is 0 Å². The van der Waals surface area contributed by atoms with Gasteiger partial charge in [0.05, 0.1) is 32.0 Å². The fourth-order valence-electron chi connectivity index (χ4n) is 13.5. The van der Waals surface area contributed by atoms with Gasteiger partial charge in [-0.1, -0.05) is 371 Å². The molecule has 0 aromatic heterocycles. The molecular weight excluding hydrogens is 1210 g/mol. The van der Waals surface area contributed by atoms with Gasteiger partial charge in [0.25, 0.3) is 0 Å². The Balaban J connectivity index is 1.89. The van der Waals surface area contributed by atoms with Gasteiger partial charge in [0.15, 0.2) is 6.29 Å². The zero-order valence-corrected chi connectivity index (χ0v) is 63.8. The maximum Gasteiger partial charge on any atom is 0.305 e. The fraction of sp³-hybridized carbons (Fsp3) is 0.884. The van der Waals surface area contributed by atoms with Gasteiger partial charge in [-0.3, -0.25) is 9.59 Å². The van der Waals surface area contributed by atoms with Crippen LogP contribution >= 0.6 is 0 Å². The molecule has 0 aromatic carbocycles. The van der Waals surface area contributed by atoms with E-state index in [1.165, 1.54) is 334 Å². The van der Waals surface area contributed by atoms with Gasteiger partial charge in [0, 0.05) is 12.8 Å². The van der Waals surface area contributed by atoms with Crippen LogP contribution in [0.3, 0.4) is 0 Å². The van der Waals surface area contributed by atoms with Crippen molar-refractivity contribution in [3.63, 3.8) is 0 Å². The number of carbonyl (C=O) groups excluding carboxylic acids is 2. The summed E-state index contributed by atoms with van der Waals surface area (Å²) in [7, 11) is 0. The number of hydrogen-bond donors (Lipinski definition) is 6. The molecule has 7 atom stereocenters. The molecule has 0 saturated carbocycles. The third-order valence-corrected chi connectivity index (χ3v) is 20.2. The lowest BCUT2D eigenvalue weighted by molar-refractivity contribution is -0.302. The van der Waals surface area contributed by atoms with E-state index in [2.05, 4.69) is 55.6 Å². The smallest absolute Gasteiger partial charge is 0.305 e. The van der Waals surface area contributed by atoms with Gasteiger partial charge < -0.3 is 45.1 Å². The fourth-order valence-corrected chi connectivity index (χ4v) is 13.5. The first-order valence-corrected chi connectivity index (χ1v) is 42.4. The van der Waals surface area contributed by atoms with Crippen molar-refractivity contribution in [3.8, 4) is 0 Å². The van der Waals surface area contributed by atoms with Crippen molar-refractivity contribution in [2.45, 2.75) is 468 Å². The van der Waals surface area contributed by atoms with E-state index in [4.69, 9.17) is 14.2 Å². The molecule has 1 fully saturated rings. The quantitative estimate of drug-likeness (QED) is 0.0195. The molecule has 0 radical (unpaired) electrons. The van der Waals surface area contributed by atoms with Gasteiger partial charge in [0.2, 0.25) is 5.91 Å². The third-order valence-electron chi connectivity index (χ3n) is 20.2. The lowest BCUT2D eigenvalue weighted by Crippen LogP contribution is -2.60. The maximum absolute atomic E-state index is 13.1. The molecule has 0 spiro atoms. The third kappa shape index (κ3) is 63.1. The van der Waals surface area contributed by atoms with E-state index in [0.29, 0.717) is 19.4 Å². The van der Waals surface area contributed by atoms with Crippen LogP contribution in [0, 0.1) is 0 Å². The Hall–Kier alpha value is -2.38. The monoisotopic (exact) mass is 1370 g/mol. The zero-order chi connectivity index (χ0) is 70.1. The minimum absolute atomic E-state index is 0.0119. The maximum atomic E-state index is 13.1. The van der Waals surface area contributed by atoms with Crippen LogP contribution in [-0.4, -0.2) is 100 Å². The van der Waals surface area contributed by atoms with Crippen LogP contribution in [0.1, 0.15) is 425 Å². The Labute approximate surface area is 599 Å². The summed E-state index contributed by atoms with van der Waals surface area (Å²) in [5.74, 6) is -0.164. The van der Waals surface area contributed by atoms with Crippen LogP contribution in [0.2, 0.25) is 0 Å². The van der Waals surface area contributed by atoms with Crippen molar-refractivity contribution in [1.29, 1.82) is 0 Å². The van der Waals surface area contributed by atoms with E-state index < -0.39 is 49.5 Å². The molecule has 7 unspecified atom stereocenters. The summed E-state index contributed by atoms with van der Waals surface area (Å²) in [6.45, 7) is 4.39. The van der Waals surface area contributed by atoms with Gasteiger partial charge in [-0.2, -0.15) is 0 Å². The molecule has 11 nitrogen and oxygen atoms in total. The summed E-state index contributed by atoms with van der Waals surface area (Å²) in [6, 6.07) is -0.808. The molecule has 1 saturated heterocycles. The molecule has 1 amide bonds. The highest BCUT2D eigenvalue weighted by Gasteiger charge is 2.44. The number of hydrogen-bond acceptors (Lipinski definition) is 10. The first kappa shape index (κ1) is 92.6.